The van der Waals surface area contributed by atoms with E-state index in [4.69, 9.17) is 0 Å². The fraction of sp³-hybridized carbons (Fsp3) is 0.462. The maximum absolute atomic E-state index is 13.2. The lowest BCUT2D eigenvalue weighted by Crippen LogP contribution is -2.28. The molecule has 20 heavy (non-hydrogen) atoms. The van der Waals surface area contributed by atoms with Gasteiger partial charge in [0, 0.05) is 17.4 Å². The lowest BCUT2D eigenvalue weighted by atomic mass is 10.1. The highest BCUT2D eigenvalue weighted by Crippen LogP contribution is 2.29. The van der Waals surface area contributed by atoms with Crippen LogP contribution in [0.1, 0.15) is 6.92 Å². The van der Waals surface area contributed by atoms with E-state index in [1.807, 2.05) is 0 Å². The van der Waals surface area contributed by atoms with Crippen LogP contribution in [0.4, 0.5) is 18.9 Å². The Kier molecular flexibility index (Phi) is 6.87. The molecule has 1 rings (SSSR count). The highest BCUT2D eigenvalue weighted by Gasteiger charge is 2.15. The Balaban J connectivity index is 2.81. The summed E-state index contributed by atoms with van der Waals surface area (Å²) in [6.07, 6.45) is -2.46. The quantitative estimate of drug-likeness (QED) is 0.761. The topological polar surface area (TPSA) is 41.1 Å². The van der Waals surface area contributed by atoms with Crippen LogP contribution in [-0.2, 0) is 4.79 Å². The minimum atomic E-state index is -2.46. The second kappa shape index (κ2) is 8.16. The maximum atomic E-state index is 13.2. The zero-order chi connectivity index (χ0) is 15.1. The van der Waals surface area contributed by atoms with E-state index >= 15 is 0 Å². The van der Waals surface area contributed by atoms with Gasteiger partial charge >= 0.3 is 0 Å². The Morgan fingerprint density at radius 1 is 1.40 bits per heavy atom. The predicted octanol–water partition coefficient (Wildman–Crippen LogP) is 2.98. The lowest BCUT2D eigenvalue weighted by molar-refractivity contribution is -0.119. The first kappa shape index (κ1) is 16.8. The van der Waals surface area contributed by atoms with Gasteiger partial charge in [-0.2, -0.15) is 0 Å². The van der Waals surface area contributed by atoms with Crippen LogP contribution in [0.25, 0.3) is 0 Å². The monoisotopic (exact) mass is 306 g/mol. The third kappa shape index (κ3) is 5.42. The summed E-state index contributed by atoms with van der Waals surface area (Å²) in [6.45, 7) is 2.19. The van der Waals surface area contributed by atoms with Gasteiger partial charge in [-0.1, -0.05) is 6.92 Å². The van der Waals surface area contributed by atoms with Crippen molar-refractivity contribution in [1.82, 2.24) is 5.32 Å². The van der Waals surface area contributed by atoms with Crippen LogP contribution in [0.5, 0.6) is 0 Å². The SMILES string of the molecule is CNCC(C)C(=O)Nc1cc(F)ccc1SCC(F)F. The Labute approximate surface area is 120 Å². The van der Waals surface area contributed by atoms with Crippen LogP contribution in [0.15, 0.2) is 23.1 Å². The van der Waals surface area contributed by atoms with Crippen LogP contribution in [-0.4, -0.2) is 31.7 Å². The molecule has 0 fully saturated rings. The molecule has 3 nitrogen and oxygen atoms in total. The molecule has 1 unspecified atom stereocenters. The van der Waals surface area contributed by atoms with Crippen LogP contribution in [0.2, 0.25) is 0 Å². The zero-order valence-electron chi connectivity index (χ0n) is 11.3. The number of nitrogens with one attached hydrogen (secondary N) is 2. The fourth-order valence-electron chi connectivity index (χ4n) is 1.53. The Morgan fingerprint density at radius 2 is 2.10 bits per heavy atom. The number of carbonyl (C=O) groups is 1. The maximum Gasteiger partial charge on any atom is 0.247 e. The smallest absolute Gasteiger partial charge is 0.247 e. The van der Waals surface area contributed by atoms with Crippen molar-refractivity contribution < 1.29 is 18.0 Å². The number of benzene rings is 1. The van der Waals surface area contributed by atoms with Crippen LogP contribution in [0, 0.1) is 11.7 Å². The van der Waals surface area contributed by atoms with E-state index in [2.05, 4.69) is 10.6 Å². The number of amides is 1. The average molecular weight is 306 g/mol. The van der Waals surface area contributed by atoms with Gasteiger partial charge in [0.15, 0.2) is 0 Å². The van der Waals surface area contributed by atoms with Crippen molar-refractivity contribution in [3.8, 4) is 0 Å². The Morgan fingerprint density at radius 3 is 2.70 bits per heavy atom. The Bertz CT molecular complexity index is 457. The predicted molar refractivity (Wildman–Crippen MR) is 74.8 cm³/mol. The second-order valence-corrected chi connectivity index (χ2v) is 5.35. The normalized spacial score (nSPS) is 12.5. The first-order chi connectivity index (χ1) is 9.43. The van der Waals surface area contributed by atoms with Crippen LogP contribution < -0.4 is 10.6 Å². The summed E-state index contributed by atoms with van der Waals surface area (Å²) >= 11 is 0.884. The van der Waals surface area contributed by atoms with E-state index in [-0.39, 0.29) is 17.5 Å². The van der Waals surface area contributed by atoms with Gasteiger partial charge in [-0.05, 0) is 25.2 Å². The van der Waals surface area contributed by atoms with Crippen molar-refractivity contribution in [2.24, 2.45) is 5.92 Å². The molecule has 0 heterocycles. The first-order valence-electron chi connectivity index (χ1n) is 6.10. The zero-order valence-corrected chi connectivity index (χ0v) is 12.1. The largest absolute Gasteiger partial charge is 0.325 e. The number of alkyl halides is 2. The summed E-state index contributed by atoms with van der Waals surface area (Å²) in [5, 5.41) is 5.44. The van der Waals surface area contributed by atoms with Crippen molar-refractivity contribution in [2.75, 3.05) is 24.7 Å². The molecule has 0 radical (unpaired) electrons. The first-order valence-corrected chi connectivity index (χ1v) is 7.08. The lowest BCUT2D eigenvalue weighted by Gasteiger charge is -2.14. The molecule has 2 N–H and O–H groups in total. The molecule has 7 heteroatoms. The molecule has 0 saturated heterocycles. The van der Waals surface area contributed by atoms with Crippen molar-refractivity contribution in [3.63, 3.8) is 0 Å². The molecule has 1 aromatic carbocycles. The highest BCUT2D eigenvalue weighted by atomic mass is 32.2. The number of carbonyl (C=O) groups excluding carboxylic acids is 1. The molecule has 0 saturated carbocycles. The summed E-state index contributed by atoms with van der Waals surface area (Å²) in [6, 6.07) is 3.71. The standard InChI is InChI=1S/C13H17F3N2OS/c1-8(6-17-2)13(19)18-10-5-9(14)3-4-11(10)20-7-12(15)16/h3-5,8,12,17H,6-7H2,1-2H3,(H,18,19). The van der Waals surface area contributed by atoms with Crippen molar-refractivity contribution in [2.45, 2.75) is 18.2 Å². The molecule has 112 valence electrons. The van der Waals surface area contributed by atoms with Crippen molar-refractivity contribution in [3.05, 3.63) is 24.0 Å². The van der Waals surface area contributed by atoms with Crippen LogP contribution in [0.3, 0.4) is 0 Å². The molecule has 0 spiro atoms. The minimum Gasteiger partial charge on any atom is -0.325 e. The van der Waals surface area contributed by atoms with Gasteiger partial charge in [-0.3, -0.25) is 4.79 Å². The van der Waals surface area contributed by atoms with E-state index < -0.39 is 18.0 Å². The number of halogens is 3. The molecule has 0 aliphatic rings. The number of rotatable bonds is 7. The van der Waals surface area contributed by atoms with Crippen molar-refractivity contribution >= 4 is 23.4 Å². The summed E-state index contributed by atoms with van der Waals surface area (Å²) in [4.78, 5) is 12.3. The molecule has 0 aliphatic carbocycles. The Hall–Kier alpha value is -1.21. The van der Waals surface area contributed by atoms with Gasteiger partial charge in [0.2, 0.25) is 12.3 Å². The third-order valence-corrected chi connectivity index (χ3v) is 3.61. The summed E-state index contributed by atoms with van der Waals surface area (Å²) < 4.78 is 37.7. The van der Waals surface area contributed by atoms with Crippen LogP contribution >= 0.6 is 11.8 Å². The van der Waals surface area contributed by atoms with E-state index in [1.54, 1.807) is 14.0 Å². The summed E-state index contributed by atoms with van der Waals surface area (Å²) in [7, 11) is 1.72. The molecule has 1 aromatic rings. The van der Waals surface area contributed by atoms with E-state index in [0.29, 0.717) is 11.4 Å². The third-order valence-electron chi connectivity index (χ3n) is 2.52. The van der Waals surface area contributed by atoms with Crippen molar-refractivity contribution in [1.29, 1.82) is 0 Å². The van der Waals surface area contributed by atoms with E-state index in [0.717, 1.165) is 17.8 Å². The molecule has 1 amide bonds. The van der Waals surface area contributed by atoms with Gasteiger partial charge in [-0.15, -0.1) is 11.8 Å². The number of anilines is 1. The second-order valence-electron chi connectivity index (χ2n) is 4.29. The average Bonchev–Trinajstić information content (AvgIpc) is 2.37. The van der Waals surface area contributed by atoms with E-state index in [9.17, 15) is 18.0 Å². The molecule has 1 atom stereocenters. The summed E-state index contributed by atoms with van der Waals surface area (Å²) in [5.74, 6) is -1.52. The van der Waals surface area contributed by atoms with Gasteiger partial charge in [-0.25, -0.2) is 13.2 Å². The minimum absolute atomic E-state index is 0.226. The number of hydrogen-bond donors (Lipinski definition) is 2. The summed E-state index contributed by atoms with van der Waals surface area (Å²) in [5.41, 5.74) is 0.226. The molecular formula is C13H17F3N2OS. The van der Waals surface area contributed by atoms with E-state index in [1.165, 1.54) is 12.1 Å². The number of hydrogen-bond acceptors (Lipinski definition) is 3. The fourth-order valence-corrected chi connectivity index (χ4v) is 2.27. The highest BCUT2D eigenvalue weighted by molar-refractivity contribution is 7.99. The molecule has 0 aromatic heterocycles. The molecule has 0 aliphatic heterocycles. The number of thioether (sulfide) groups is 1. The van der Waals surface area contributed by atoms with Gasteiger partial charge in [0.05, 0.1) is 11.4 Å². The van der Waals surface area contributed by atoms with Gasteiger partial charge < -0.3 is 10.6 Å². The molecule has 0 bridgehead atoms. The van der Waals surface area contributed by atoms with Gasteiger partial charge in [0.25, 0.3) is 0 Å². The molecular weight excluding hydrogens is 289 g/mol. The van der Waals surface area contributed by atoms with Gasteiger partial charge in [0.1, 0.15) is 5.82 Å².